The van der Waals surface area contributed by atoms with Crippen LogP contribution < -0.4 is 0 Å². The quantitative estimate of drug-likeness (QED) is 0.347. The number of imidazole rings is 1. The molecule has 0 aromatic carbocycles. The minimum Gasteiger partial charge on any atom is -0.415 e. The number of nitrogens with zero attached hydrogens (tertiary/aromatic N) is 4. The van der Waals surface area contributed by atoms with Crippen LogP contribution in [0, 0.1) is 6.92 Å². The van der Waals surface area contributed by atoms with Crippen LogP contribution in [0.15, 0.2) is 6.33 Å². The Morgan fingerprint density at radius 1 is 0.933 bits per heavy atom. The molecule has 170 valence electrons. The summed E-state index contributed by atoms with van der Waals surface area (Å²) in [6, 6.07) is -0.0383. The average Bonchev–Trinajstić information content (AvgIpc) is 2.96. The van der Waals surface area contributed by atoms with Crippen LogP contribution in [0.2, 0.25) is 41.5 Å². The number of hydrogen-bond acceptors (Lipinski definition) is 5. The fourth-order valence-corrected chi connectivity index (χ4v) is 4.83. The van der Waals surface area contributed by atoms with Gasteiger partial charge in [0.15, 0.2) is 22.3 Å². The molecule has 2 aromatic rings. The van der Waals surface area contributed by atoms with Crippen LogP contribution >= 0.6 is 11.6 Å². The molecule has 0 atom stereocenters. The first-order valence-corrected chi connectivity index (χ1v) is 16.8. The molecule has 0 aliphatic carbocycles. The van der Waals surface area contributed by atoms with E-state index in [1.54, 1.807) is 0 Å². The first-order valence-electron chi connectivity index (χ1n) is 10.6. The highest BCUT2D eigenvalue weighted by molar-refractivity contribution is 6.74. The van der Waals surface area contributed by atoms with Gasteiger partial charge in [0.05, 0.1) is 31.3 Å². The van der Waals surface area contributed by atoms with Gasteiger partial charge in [-0.05, 0) is 54.8 Å². The van der Waals surface area contributed by atoms with E-state index in [4.69, 9.17) is 20.5 Å². The molecule has 0 N–H and O–H groups in total. The van der Waals surface area contributed by atoms with E-state index in [0.29, 0.717) is 13.2 Å². The van der Waals surface area contributed by atoms with Gasteiger partial charge in [-0.25, -0.2) is 9.97 Å². The van der Waals surface area contributed by atoms with Crippen molar-refractivity contribution in [2.24, 2.45) is 0 Å². The number of hydrogen-bond donors (Lipinski definition) is 0. The second kappa shape index (κ2) is 8.62. The van der Waals surface area contributed by atoms with Gasteiger partial charge in [0.2, 0.25) is 5.28 Å². The van der Waals surface area contributed by atoms with Crippen molar-refractivity contribution in [3.05, 3.63) is 17.3 Å². The molecule has 2 rings (SSSR count). The second-order valence-corrected chi connectivity index (χ2v) is 21.2. The van der Waals surface area contributed by atoms with Gasteiger partial charge in [-0.1, -0.05) is 41.5 Å². The maximum Gasteiger partial charge on any atom is 0.224 e. The number of aryl methyl sites for hydroxylation is 1. The van der Waals surface area contributed by atoms with Crippen LogP contribution in [-0.4, -0.2) is 49.4 Å². The smallest absolute Gasteiger partial charge is 0.224 e. The largest absolute Gasteiger partial charge is 0.415 e. The van der Waals surface area contributed by atoms with Gasteiger partial charge in [0.1, 0.15) is 5.52 Å². The van der Waals surface area contributed by atoms with Crippen molar-refractivity contribution < 1.29 is 8.85 Å². The summed E-state index contributed by atoms with van der Waals surface area (Å²) in [6.45, 7) is 25.6. The molecule has 0 radical (unpaired) electrons. The third-order valence-corrected chi connectivity index (χ3v) is 16.0. The molecule has 0 unspecified atom stereocenters. The van der Waals surface area contributed by atoms with Crippen LogP contribution in [-0.2, 0) is 8.85 Å². The van der Waals surface area contributed by atoms with E-state index in [0.717, 1.165) is 16.9 Å². The molecule has 9 heteroatoms. The van der Waals surface area contributed by atoms with Crippen molar-refractivity contribution in [1.29, 1.82) is 0 Å². The molecule has 6 nitrogen and oxygen atoms in total. The van der Waals surface area contributed by atoms with Crippen LogP contribution in [0.25, 0.3) is 11.2 Å². The van der Waals surface area contributed by atoms with Gasteiger partial charge in [0, 0.05) is 0 Å². The van der Waals surface area contributed by atoms with Gasteiger partial charge in [-0.3, -0.25) is 0 Å². The Bertz CT molecular complexity index is 855. The molecule has 0 saturated carbocycles. The Morgan fingerprint density at radius 2 is 1.40 bits per heavy atom. The van der Waals surface area contributed by atoms with Crippen molar-refractivity contribution in [1.82, 2.24) is 19.5 Å². The summed E-state index contributed by atoms with van der Waals surface area (Å²) in [7, 11) is -3.84. The number of halogens is 1. The molecular formula is C21H39ClN4O2Si2. The summed E-state index contributed by atoms with van der Waals surface area (Å²) >= 11 is 6.16. The zero-order chi connectivity index (χ0) is 23.1. The highest BCUT2D eigenvalue weighted by Crippen LogP contribution is 2.39. The number of rotatable bonds is 7. The topological polar surface area (TPSA) is 62.1 Å². The lowest BCUT2D eigenvalue weighted by Gasteiger charge is -2.39. The SMILES string of the molecule is Cc1nc(Cl)nc2c1ncn2C(CO[Si](C)(C)C(C)(C)C)CO[Si](C)(C)C(C)(C)C. The van der Waals surface area contributed by atoms with Crippen molar-refractivity contribution in [2.45, 2.75) is 90.8 Å². The Balaban J connectivity index is 2.39. The molecule has 2 heterocycles. The molecule has 0 saturated heterocycles. The maximum absolute atomic E-state index is 6.59. The summed E-state index contributed by atoms with van der Waals surface area (Å²) in [5.41, 5.74) is 2.28. The Hall–Kier alpha value is -0.806. The van der Waals surface area contributed by atoms with Crippen molar-refractivity contribution in [3.8, 4) is 0 Å². The van der Waals surface area contributed by atoms with Gasteiger partial charge >= 0.3 is 0 Å². The predicted octanol–water partition coefficient (Wildman–Crippen LogP) is 6.37. The number of fused-ring (bicyclic) bond motifs is 1. The predicted molar refractivity (Wildman–Crippen MR) is 130 cm³/mol. The lowest BCUT2D eigenvalue weighted by Crippen LogP contribution is -2.44. The third-order valence-electron chi connectivity index (χ3n) is 6.85. The summed E-state index contributed by atoms with van der Waals surface area (Å²) < 4.78 is 15.2. The van der Waals surface area contributed by atoms with Crippen molar-refractivity contribution >= 4 is 39.4 Å². The lowest BCUT2D eigenvalue weighted by atomic mass is 10.2. The highest BCUT2D eigenvalue weighted by atomic mass is 35.5. The second-order valence-electron chi connectivity index (χ2n) is 11.2. The molecule has 0 spiro atoms. The maximum atomic E-state index is 6.59. The molecular weight excluding hydrogens is 432 g/mol. The normalized spacial score (nSPS) is 14.2. The van der Waals surface area contributed by atoms with Crippen LogP contribution in [0.5, 0.6) is 0 Å². The first-order chi connectivity index (χ1) is 13.5. The van der Waals surface area contributed by atoms with E-state index in [9.17, 15) is 0 Å². The summed E-state index contributed by atoms with van der Waals surface area (Å²) in [6.07, 6.45) is 1.82. The molecule has 0 aliphatic rings. The van der Waals surface area contributed by atoms with E-state index in [1.807, 2.05) is 13.3 Å². The summed E-state index contributed by atoms with van der Waals surface area (Å²) in [5.74, 6) is 0. The van der Waals surface area contributed by atoms with Gasteiger partial charge in [-0.15, -0.1) is 0 Å². The average molecular weight is 471 g/mol. The molecule has 0 bridgehead atoms. The molecule has 0 amide bonds. The molecule has 30 heavy (non-hydrogen) atoms. The van der Waals surface area contributed by atoms with Crippen molar-refractivity contribution in [3.63, 3.8) is 0 Å². The van der Waals surface area contributed by atoms with Crippen LogP contribution in [0.1, 0.15) is 53.3 Å². The minimum atomic E-state index is -1.92. The highest BCUT2D eigenvalue weighted by Gasteiger charge is 2.40. The monoisotopic (exact) mass is 470 g/mol. The zero-order valence-corrected chi connectivity index (χ0v) is 23.3. The van der Waals surface area contributed by atoms with E-state index >= 15 is 0 Å². The van der Waals surface area contributed by atoms with E-state index in [-0.39, 0.29) is 21.4 Å². The molecule has 2 aromatic heterocycles. The first kappa shape index (κ1) is 25.5. The Labute approximate surface area is 189 Å². The van der Waals surface area contributed by atoms with Gasteiger partial charge in [0.25, 0.3) is 0 Å². The summed E-state index contributed by atoms with van der Waals surface area (Å²) in [4.78, 5) is 13.3. The standard InChI is InChI=1S/C21H39ClN4O2Si2/c1-15-17-18(25-19(22)24-15)26(14-23-17)16(12-27-29(8,9)20(2,3)4)13-28-30(10,11)21(5,6)7/h14,16H,12-13H2,1-11H3. The Morgan fingerprint density at radius 3 is 1.83 bits per heavy atom. The number of aromatic nitrogens is 4. The van der Waals surface area contributed by atoms with Gasteiger partial charge in [-0.2, -0.15) is 4.98 Å². The molecule has 0 fully saturated rings. The van der Waals surface area contributed by atoms with Crippen molar-refractivity contribution in [2.75, 3.05) is 13.2 Å². The fraction of sp³-hybridized carbons (Fsp3) is 0.762. The van der Waals surface area contributed by atoms with Crippen LogP contribution in [0.3, 0.4) is 0 Å². The zero-order valence-electron chi connectivity index (χ0n) is 20.6. The summed E-state index contributed by atoms with van der Waals surface area (Å²) in [5, 5.41) is 0.504. The molecule has 0 aliphatic heterocycles. The van der Waals surface area contributed by atoms with Crippen LogP contribution in [0.4, 0.5) is 0 Å². The Kier molecular flexibility index (Phi) is 7.31. The van der Waals surface area contributed by atoms with E-state index in [1.165, 1.54) is 0 Å². The van der Waals surface area contributed by atoms with E-state index < -0.39 is 16.6 Å². The third kappa shape index (κ3) is 5.51. The van der Waals surface area contributed by atoms with E-state index in [2.05, 4.69) is 87.2 Å². The lowest BCUT2D eigenvalue weighted by molar-refractivity contribution is 0.163. The minimum absolute atomic E-state index is 0.0383. The fourth-order valence-electron chi connectivity index (χ4n) is 2.54. The van der Waals surface area contributed by atoms with Gasteiger partial charge < -0.3 is 13.4 Å².